The van der Waals surface area contributed by atoms with Crippen molar-refractivity contribution in [1.29, 1.82) is 0 Å². The Hall–Kier alpha value is -3.49. The second-order valence-electron chi connectivity index (χ2n) is 7.89. The summed E-state index contributed by atoms with van der Waals surface area (Å²) in [4.78, 5) is 24.8. The number of rotatable bonds is 4. The number of benzene rings is 2. The van der Waals surface area contributed by atoms with Gasteiger partial charge in [0, 0.05) is 43.4 Å². The second kappa shape index (κ2) is 7.58. The molecule has 0 bridgehead atoms. The maximum Gasteiger partial charge on any atom is 0.416 e. The number of aromatic nitrogens is 2. The first-order chi connectivity index (χ1) is 15.3. The molecule has 3 heterocycles. The zero-order valence-electron chi connectivity index (χ0n) is 16.9. The predicted molar refractivity (Wildman–Crippen MR) is 109 cm³/mol. The van der Waals surface area contributed by atoms with E-state index in [-0.39, 0.29) is 17.9 Å². The molecule has 2 aliphatic heterocycles. The Morgan fingerprint density at radius 1 is 1.03 bits per heavy atom. The Morgan fingerprint density at radius 2 is 1.84 bits per heavy atom. The van der Waals surface area contributed by atoms with Gasteiger partial charge in [0.25, 0.3) is 5.91 Å². The number of carbonyl (C=O) groups is 1. The summed E-state index contributed by atoms with van der Waals surface area (Å²) in [5.41, 5.74) is 2.15. The molecular weight excluding hydrogens is 424 g/mol. The van der Waals surface area contributed by atoms with E-state index in [4.69, 9.17) is 0 Å². The Bertz CT molecular complexity index is 1210. The molecule has 2 aromatic carbocycles. The second-order valence-corrected chi connectivity index (χ2v) is 7.89. The molecule has 9 heteroatoms. The Kier molecular flexibility index (Phi) is 4.83. The molecule has 0 unspecified atom stereocenters. The molecule has 5 rings (SSSR count). The molecule has 1 aromatic heterocycles. The number of alkyl halides is 3. The number of nitrogens with zero attached hydrogens (tertiary/aromatic N) is 4. The summed E-state index contributed by atoms with van der Waals surface area (Å²) in [7, 11) is 0. The van der Waals surface area contributed by atoms with Gasteiger partial charge in [-0.3, -0.25) is 4.79 Å². The number of hydrogen-bond acceptors (Lipinski definition) is 4. The minimum Gasteiger partial charge on any atom is -0.335 e. The van der Waals surface area contributed by atoms with Crippen molar-refractivity contribution in [3.63, 3.8) is 0 Å². The Balaban J connectivity index is 1.43. The van der Waals surface area contributed by atoms with Crippen LogP contribution in [0.2, 0.25) is 0 Å². The van der Waals surface area contributed by atoms with Gasteiger partial charge in [-0.2, -0.15) is 13.2 Å². The number of fused-ring (bicyclic) bond motifs is 1. The van der Waals surface area contributed by atoms with E-state index >= 15 is 0 Å². The molecule has 0 aliphatic carbocycles. The third-order valence-corrected chi connectivity index (χ3v) is 5.65. The fraction of sp³-hybridized carbons (Fsp3) is 0.261. The topological polar surface area (TPSA) is 49.1 Å². The van der Waals surface area contributed by atoms with Crippen molar-refractivity contribution in [3.05, 3.63) is 82.6 Å². The van der Waals surface area contributed by atoms with Crippen molar-refractivity contribution < 1.29 is 22.4 Å². The first-order valence-electron chi connectivity index (χ1n) is 10.2. The summed E-state index contributed by atoms with van der Waals surface area (Å²) in [6.07, 6.45) is -2.57. The van der Waals surface area contributed by atoms with E-state index in [0.29, 0.717) is 36.1 Å². The molecule has 0 spiro atoms. The van der Waals surface area contributed by atoms with Crippen LogP contribution in [0.1, 0.15) is 32.7 Å². The maximum atomic E-state index is 13.7. The summed E-state index contributed by atoms with van der Waals surface area (Å²) in [5, 5.41) is 0. The summed E-state index contributed by atoms with van der Waals surface area (Å²) in [6.45, 7) is 2.17. The molecule has 2 aliphatic rings. The largest absolute Gasteiger partial charge is 0.416 e. The highest BCUT2D eigenvalue weighted by Gasteiger charge is 2.32. The molecule has 32 heavy (non-hydrogen) atoms. The lowest BCUT2D eigenvalue weighted by Gasteiger charge is -2.19. The summed E-state index contributed by atoms with van der Waals surface area (Å²) in [5.74, 6) is -0.336. The monoisotopic (exact) mass is 442 g/mol. The van der Waals surface area contributed by atoms with Crippen molar-refractivity contribution in [2.24, 2.45) is 0 Å². The minimum atomic E-state index is -4.63. The molecule has 0 N–H and O–H groups in total. The van der Waals surface area contributed by atoms with Gasteiger partial charge in [-0.25, -0.2) is 14.4 Å². The number of amides is 1. The molecule has 1 saturated heterocycles. The van der Waals surface area contributed by atoms with Gasteiger partial charge in [0.05, 0.1) is 11.3 Å². The van der Waals surface area contributed by atoms with Gasteiger partial charge in [0.15, 0.2) is 0 Å². The molecule has 0 radical (unpaired) electrons. The van der Waals surface area contributed by atoms with Crippen LogP contribution in [0.3, 0.4) is 0 Å². The molecule has 164 valence electrons. The van der Waals surface area contributed by atoms with Crippen LogP contribution in [0.15, 0.2) is 48.8 Å². The fourth-order valence-electron chi connectivity index (χ4n) is 4.05. The van der Waals surface area contributed by atoms with Gasteiger partial charge in [-0.1, -0.05) is 6.07 Å². The van der Waals surface area contributed by atoms with Crippen LogP contribution < -0.4 is 4.90 Å². The lowest BCUT2D eigenvalue weighted by molar-refractivity contribution is -0.137. The van der Waals surface area contributed by atoms with Crippen molar-refractivity contribution >= 4 is 17.4 Å². The minimum absolute atomic E-state index is 0.0265. The van der Waals surface area contributed by atoms with E-state index in [1.54, 1.807) is 11.0 Å². The van der Waals surface area contributed by atoms with E-state index in [9.17, 15) is 22.4 Å². The van der Waals surface area contributed by atoms with Gasteiger partial charge in [-0.15, -0.1) is 0 Å². The zero-order chi connectivity index (χ0) is 22.5. The average molecular weight is 442 g/mol. The van der Waals surface area contributed by atoms with Crippen LogP contribution in [0.4, 0.5) is 29.1 Å². The number of halogens is 4. The van der Waals surface area contributed by atoms with Crippen LogP contribution in [0.25, 0.3) is 0 Å². The van der Waals surface area contributed by atoms with E-state index in [2.05, 4.69) is 9.97 Å². The van der Waals surface area contributed by atoms with Crippen molar-refractivity contribution in [3.8, 4) is 0 Å². The van der Waals surface area contributed by atoms with E-state index in [1.165, 1.54) is 6.33 Å². The van der Waals surface area contributed by atoms with E-state index < -0.39 is 17.6 Å². The van der Waals surface area contributed by atoms with E-state index in [1.807, 2.05) is 23.1 Å². The van der Waals surface area contributed by atoms with Crippen LogP contribution in [0.5, 0.6) is 0 Å². The van der Waals surface area contributed by atoms with Crippen molar-refractivity contribution in [2.75, 3.05) is 24.5 Å². The van der Waals surface area contributed by atoms with Crippen LogP contribution >= 0.6 is 0 Å². The van der Waals surface area contributed by atoms with Crippen LogP contribution in [-0.2, 0) is 19.0 Å². The number of anilines is 2. The molecule has 1 fully saturated rings. The Morgan fingerprint density at radius 3 is 2.59 bits per heavy atom. The predicted octanol–water partition coefficient (Wildman–Crippen LogP) is 4.38. The van der Waals surface area contributed by atoms with Gasteiger partial charge in [-0.05, 0) is 47.9 Å². The van der Waals surface area contributed by atoms with Gasteiger partial charge in [0.2, 0.25) is 0 Å². The molecule has 0 saturated carbocycles. The smallest absolute Gasteiger partial charge is 0.335 e. The first kappa shape index (κ1) is 20.4. The molecule has 3 aromatic rings. The molecule has 0 atom stereocenters. The molecule has 5 nitrogen and oxygen atoms in total. The standard InChI is InChI=1S/C23H18F4N4O/c24-16-9-14(8-15(11-16)23(25,26)27)10-17-12-21(29-13-28-17)31-5-4-18-19(2-1-3-20(18)31)22(32)30-6-7-30/h1-3,8-9,11-13H,4-7,10H2. The van der Waals surface area contributed by atoms with Crippen molar-refractivity contribution in [1.82, 2.24) is 14.9 Å². The highest BCUT2D eigenvalue weighted by molar-refractivity contribution is 5.99. The highest BCUT2D eigenvalue weighted by Crippen LogP contribution is 2.36. The van der Waals surface area contributed by atoms with Crippen molar-refractivity contribution in [2.45, 2.75) is 19.0 Å². The average Bonchev–Trinajstić information content (AvgIpc) is 3.51. The van der Waals surface area contributed by atoms with Gasteiger partial charge in [0.1, 0.15) is 18.0 Å². The van der Waals surface area contributed by atoms with E-state index in [0.717, 1.165) is 36.5 Å². The third kappa shape index (κ3) is 3.90. The SMILES string of the molecule is O=C(c1cccc2c1CCN2c1cc(Cc2cc(F)cc(C(F)(F)F)c2)ncn1)N1CC1. The summed E-state index contributed by atoms with van der Waals surface area (Å²) >= 11 is 0. The zero-order valence-corrected chi connectivity index (χ0v) is 16.9. The third-order valence-electron chi connectivity index (χ3n) is 5.65. The quantitative estimate of drug-likeness (QED) is 0.445. The lowest BCUT2D eigenvalue weighted by Crippen LogP contribution is -2.15. The normalized spacial score (nSPS) is 15.1. The molecule has 1 amide bonds. The number of hydrogen-bond donors (Lipinski definition) is 0. The first-order valence-corrected chi connectivity index (χ1v) is 10.2. The maximum absolute atomic E-state index is 13.7. The number of carbonyl (C=O) groups excluding carboxylic acids is 1. The van der Waals surface area contributed by atoms with Crippen LogP contribution in [-0.4, -0.2) is 40.4 Å². The van der Waals surface area contributed by atoms with Gasteiger partial charge >= 0.3 is 6.18 Å². The fourth-order valence-corrected chi connectivity index (χ4v) is 4.05. The highest BCUT2D eigenvalue weighted by atomic mass is 19.4. The lowest BCUT2D eigenvalue weighted by atomic mass is 10.0. The molecular formula is C23H18F4N4O. The van der Waals surface area contributed by atoms with Crippen LogP contribution in [0, 0.1) is 5.82 Å². The summed E-state index contributed by atoms with van der Waals surface area (Å²) in [6, 6.07) is 9.76. The Labute approximate surface area is 181 Å². The van der Waals surface area contributed by atoms with Gasteiger partial charge < -0.3 is 9.80 Å². The summed E-state index contributed by atoms with van der Waals surface area (Å²) < 4.78 is 52.8.